The van der Waals surface area contributed by atoms with Gasteiger partial charge in [0.1, 0.15) is 0 Å². The molecule has 0 aromatic heterocycles. The van der Waals surface area contributed by atoms with Crippen LogP contribution in [0.4, 0.5) is 27.5 Å². The van der Waals surface area contributed by atoms with E-state index in [9.17, 15) is 21.6 Å². The van der Waals surface area contributed by atoms with Crippen LogP contribution in [0.5, 0.6) is 0 Å². The van der Waals surface area contributed by atoms with Crippen LogP contribution in [0.25, 0.3) is 0 Å². The molecule has 2 amide bonds. The molecule has 9 nitrogen and oxygen atoms in total. The highest BCUT2D eigenvalue weighted by Crippen LogP contribution is 2.26. The largest absolute Gasteiger partial charge is 0.330 e. The molecule has 0 aliphatic rings. The number of amides is 2. The molecule has 0 heterocycles. The van der Waals surface area contributed by atoms with Gasteiger partial charge in [0, 0.05) is 11.4 Å². The molecule has 0 aliphatic carbocycles. The third kappa shape index (κ3) is 5.89. The van der Waals surface area contributed by atoms with E-state index in [0.29, 0.717) is 17.1 Å². The van der Waals surface area contributed by atoms with E-state index >= 15 is 0 Å². The van der Waals surface area contributed by atoms with Crippen molar-refractivity contribution in [2.24, 2.45) is 5.14 Å². The lowest BCUT2D eigenvalue weighted by atomic mass is 10.2. The quantitative estimate of drug-likeness (QED) is 0.328. The topological polar surface area (TPSA) is 139 Å². The molecule has 4 aromatic carbocycles. The molecule has 184 valence electrons. The van der Waals surface area contributed by atoms with Crippen LogP contribution in [-0.2, 0) is 20.0 Å². The second-order valence-electron chi connectivity index (χ2n) is 7.64. The Labute approximate surface area is 209 Å². The Morgan fingerprint density at radius 2 is 1.06 bits per heavy atom. The highest BCUT2D eigenvalue weighted by Gasteiger charge is 2.19. The second-order valence-corrected chi connectivity index (χ2v) is 10.9. The Balaban J connectivity index is 1.51. The van der Waals surface area contributed by atoms with Crippen molar-refractivity contribution < 1.29 is 21.6 Å². The van der Waals surface area contributed by atoms with Gasteiger partial charge in [-0.25, -0.2) is 26.8 Å². The fraction of sp³-hybridized carbons (Fsp3) is 0. The molecule has 4 rings (SSSR count). The van der Waals surface area contributed by atoms with Gasteiger partial charge in [-0.2, -0.15) is 0 Å². The number of nitrogens with one attached hydrogen (secondary N) is 2. The molecule has 0 aliphatic heterocycles. The van der Waals surface area contributed by atoms with E-state index < -0.39 is 26.1 Å². The number of carbonyl (C=O) groups is 1. The van der Waals surface area contributed by atoms with Crippen molar-refractivity contribution in [1.82, 2.24) is 0 Å². The van der Waals surface area contributed by atoms with Gasteiger partial charge in [0.25, 0.3) is 10.0 Å². The van der Waals surface area contributed by atoms with Crippen molar-refractivity contribution in [1.29, 1.82) is 0 Å². The lowest BCUT2D eigenvalue weighted by Gasteiger charge is -2.23. The number of nitrogens with zero attached hydrogens (tertiary/aromatic N) is 1. The van der Waals surface area contributed by atoms with Crippen LogP contribution in [0.1, 0.15) is 0 Å². The van der Waals surface area contributed by atoms with Crippen molar-refractivity contribution in [2.75, 3.05) is 14.9 Å². The predicted molar refractivity (Wildman–Crippen MR) is 139 cm³/mol. The first-order valence-corrected chi connectivity index (χ1v) is 13.6. The van der Waals surface area contributed by atoms with E-state index in [-0.39, 0.29) is 15.5 Å². The summed E-state index contributed by atoms with van der Waals surface area (Å²) in [7, 11) is -7.85. The first-order chi connectivity index (χ1) is 17.1. The minimum absolute atomic E-state index is 0.0426. The molecule has 0 atom stereocenters. The summed E-state index contributed by atoms with van der Waals surface area (Å²) < 4.78 is 50.6. The number of urea groups is 1. The summed E-state index contributed by atoms with van der Waals surface area (Å²) in [6.45, 7) is 0. The van der Waals surface area contributed by atoms with E-state index in [1.165, 1.54) is 53.4 Å². The number of rotatable bonds is 7. The Morgan fingerprint density at radius 1 is 0.611 bits per heavy atom. The van der Waals surface area contributed by atoms with Gasteiger partial charge in [0.15, 0.2) is 0 Å². The minimum atomic E-state index is -3.96. The maximum Gasteiger partial charge on any atom is 0.330 e. The molecule has 0 saturated carbocycles. The number of benzene rings is 4. The van der Waals surface area contributed by atoms with Gasteiger partial charge in [-0.3, -0.25) is 9.62 Å². The molecule has 0 radical (unpaired) electrons. The first-order valence-electron chi connectivity index (χ1n) is 10.6. The van der Waals surface area contributed by atoms with Crippen molar-refractivity contribution in [3.05, 3.63) is 109 Å². The van der Waals surface area contributed by atoms with Gasteiger partial charge < -0.3 is 5.32 Å². The lowest BCUT2D eigenvalue weighted by Crippen LogP contribution is -2.30. The zero-order valence-corrected chi connectivity index (χ0v) is 20.4. The molecule has 0 spiro atoms. The third-order valence-electron chi connectivity index (χ3n) is 5.08. The summed E-state index contributed by atoms with van der Waals surface area (Å²) in [5.74, 6) is 0. The number of anilines is 4. The van der Waals surface area contributed by atoms with Crippen LogP contribution in [0.2, 0.25) is 0 Å². The van der Waals surface area contributed by atoms with Crippen molar-refractivity contribution in [2.45, 2.75) is 9.79 Å². The highest BCUT2D eigenvalue weighted by atomic mass is 32.2. The number of primary sulfonamides is 1. The molecular formula is C25H22N4O5S2. The third-order valence-corrected chi connectivity index (χ3v) is 7.41. The van der Waals surface area contributed by atoms with Gasteiger partial charge in [0.2, 0.25) is 10.0 Å². The zero-order valence-electron chi connectivity index (χ0n) is 18.8. The average molecular weight is 523 g/mol. The van der Waals surface area contributed by atoms with E-state index in [1.807, 2.05) is 60.7 Å². The van der Waals surface area contributed by atoms with Gasteiger partial charge >= 0.3 is 6.03 Å². The average Bonchev–Trinajstić information content (AvgIpc) is 2.85. The molecular weight excluding hydrogens is 500 g/mol. The summed E-state index contributed by atoms with van der Waals surface area (Å²) in [4.78, 5) is 14.5. The monoisotopic (exact) mass is 522 g/mol. The SMILES string of the molecule is NS(=O)(=O)c1ccc(NS(=O)(=O)c2ccc(NC(=O)N(c3ccccc3)c3ccccc3)cc2)cc1. The van der Waals surface area contributed by atoms with Crippen molar-refractivity contribution >= 4 is 48.8 Å². The molecule has 11 heteroatoms. The number of hydrogen-bond acceptors (Lipinski definition) is 5. The minimum Gasteiger partial charge on any atom is -0.307 e. The van der Waals surface area contributed by atoms with Crippen LogP contribution in [-0.4, -0.2) is 22.9 Å². The Morgan fingerprint density at radius 3 is 1.53 bits per heavy atom. The van der Waals surface area contributed by atoms with Gasteiger partial charge in [0.05, 0.1) is 21.2 Å². The van der Waals surface area contributed by atoms with Crippen LogP contribution in [0.3, 0.4) is 0 Å². The Kier molecular flexibility index (Phi) is 7.06. The van der Waals surface area contributed by atoms with E-state index in [0.717, 1.165) is 0 Å². The lowest BCUT2D eigenvalue weighted by molar-refractivity contribution is 0.259. The normalized spacial score (nSPS) is 11.5. The molecule has 0 unspecified atom stereocenters. The number of nitrogens with two attached hydrogens (primary N) is 1. The summed E-state index contributed by atoms with van der Waals surface area (Å²) in [6.07, 6.45) is 0. The summed E-state index contributed by atoms with van der Waals surface area (Å²) >= 11 is 0. The van der Waals surface area contributed by atoms with Crippen molar-refractivity contribution in [3.8, 4) is 0 Å². The fourth-order valence-electron chi connectivity index (χ4n) is 3.36. The van der Waals surface area contributed by atoms with Gasteiger partial charge in [-0.1, -0.05) is 36.4 Å². The van der Waals surface area contributed by atoms with E-state index in [1.54, 1.807) is 0 Å². The maximum atomic E-state index is 13.2. The number of para-hydroxylation sites is 2. The van der Waals surface area contributed by atoms with Gasteiger partial charge in [-0.05, 0) is 72.8 Å². The van der Waals surface area contributed by atoms with Crippen LogP contribution in [0, 0.1) is 0 Å². The van der Waals surface area contributed by atoms with E-state index in [4.69, 9.17) is 5.14 Å². The summed E-state index contributed by atoms with van der Waals surface area (Å²) in [6, 6.07) is 28.5. The summed E-state index contributed by atoms with van der Waals surface area (Å²) in [5, 5.41) is 7.85. The smallest absolute Gasteiger partial charge is 0.307 e. The predicted octanol–water partition coefficient (Wildman–Crippen LogP) is 4.51. The number of hydrogen-bond donors (Lipinski definition) is 3. The first kappa shape index (κ1) is 24.9. The molecule has 4 aromatic rings. The number of carbonyl (C=O) groups excluding carboxylic acids is 1. The second kappa shape index (κ2) is 10.2. The molecule has 0 saturated heterocycles. The Bertz CT molecular complexity index is 1520. The molecule has 0 bridgehead atoms. The van der Waals surface area contributed by atoms with Gasteiger partial charge in [-0.15, -0.1) is 0 Å². The molecule has 0 fully saturated rings. The van der Waals surface area contributed by atoms with Crippen LogP contribution in [0.15, 0.2) is 119 Å². The van der Waals surface area contributed by atoms with Crippen LogP contribution < -0.4 is 20.1 Å². The van der Waals surface area contributed by atoms with Crippen LogP contribution >= 0.6 is 0 Å². The maximum absolute atomic E-state index is 13.2. The number of sulfonamides is 2. The molecule has 4 N–H and O–H groups in total. The Hall–Kier alpha value is -4.19. The molecule has 36 heavy (non-hydrogen) atoms. The van der Waals surface area contributed by atoms with E-state index in [2.05, 4.69) is 10.0 Å². The standard InChI is InChI=1S/C25H22N4O5S2/c26-35(31,32)23-15-13-20(14-16-23)28-36(33,34)24-17-11-19(12-18-24)27-25(30)29(21-7-3-1-4-8-21)22-9-5-2-6-10-22/h1-18,28H,(H,27,30)(H2,26,31,32). The highest BCUT2D eigenvalue weighted by molar-refractivity contribution is 7.92. The zero-order chi connectivity index (χ0) is 25.8. The summed E-state index contributed by atoms with van der Waals surface area (Å²) in [5.41, 5.74) is 1.89. The fourth-order valence-corrected chi connectivity index (χ4v) is 4.94. The van der Waals surface area contributed by atoms with Crippen molar-refractivity contribution in [3.63, 3.8) is 0 Å².